The molecule has 2 rings (SSSR count). The normalized spacial score (nSPS) is 12.8. The minimum Gasteiger partial charge on any atom is -0.464 e. The van der Waals surface area contributed by atoms with E-state index < -0.39 is 23.4 Å². The number of unbranched alkanes of at least 4 members (excludes halogenated alkanes) is 1. The zero-order valence-corrected chi connectivity index (χ0v) is 17.9. The minimum atomic E-state index is -1.90. The van der Waals surface area contributed by atoms with Crippen molar-refractivity contribution in [3.05, 3.63) is 29.8 Å². The molecule has 164 valence electrons. The van der Waals surface area contributed by atoms with E-state index in [1.807, 2.05) is 24.3 Å². The molecule has 0 unspecified atom stereocenters. The monoisotopic (exact) mass is 418 g/mol. The number of anilines is 1. The number of nitrogens with one attached hydrogen (secondary N) is 1. The third-order valence-corrected chi connectivity index (χ3v) is 5.02. The number of fused-ring (bicyclic) bond motifs is 1. The lowest BCUT2D eigenvalue weighted by molar-refractivity contribution is -0.168. The van der Waals surface area contributed by atoms with Gasteiger partial charge in [-0.05, 0) is 51.2 Å². The number of carbonyl (C=O) groups excluding carboxylic acids is 4. The number of hydrogen-bond acceptors (Lipinski definition) is 6. The summed E-state index contributed by atoms with van der Waals surface area (Å²) in [6.45, 7) is 5.24. The van der Waals surface area contributed by atoms with Crippen LogP contribution in [0.1, 0.15) is 52.0 Å². The summed E-state index contributed by atoms with van der Waals surface area (Å²) in [6, 6.07) is 7.82. The average molecular weight is 418 g/mol. The van der Waals surface area contributed by atoms with Gasteiger partial charge in [0, 0.05) is 25.6 Å². The molecule has 30 heavy (non-hydrogen) atoms. The lowest BCUT2D eigenvalue weighted by atomic mass is 9.91. The van der Waals surface area contributed by atoms with Gasteiger partial charge in [0.25, 0.3) is 0 Å². The first-order chi connectivity index (χ1) is 14.4. The van der Waals surface area contributed by atoms with Crippen molar-refractivity contribution in [2.45, 2.75) is 58.4 Å². The predicted molar refractivity (Wildman–Crippen MR) is 111 cm³/mol. The van der Waals surface area contributed by atoms with Crippen molar-refractivity contribution < 1.29 is 28.7 Å². The van der Waals surface area contributed by atoms with Crippen molar-refractivity contribution in [2.75, 3.05) is 24.7 Å². The van der Waals surface area contributed by atoms with Crippen LogP contribution in [0.25, 0.3) is 0 Å². The molecule has 1 N–H and O–H groups in total. The highest BCUT2D eigenvalue weighted by atomic mass is 16.6. The molecular formula is C22H30N2O6. The summed E-state index contributed by atoms with van der Waals surface area (Å²) in [7, 11) is 0. The van der Waals surface area contributed by atoms with E-state index in [2.05, 4.69) is 5.32 Å². The van der Waals surface area contributed by atoms with E-state index in [-0.39, 0.29) is 32.0 Å². The number of esters is 2. The first-order valence-electron chi connectivity index (χ1n) is 10.4. The molecule has 2 amide bonds. The van der Waals surface area contributed by atoms with Crippen LogP contribution in [0.4, 0.5) is 5.69 Å². The van der Waals surface area contributed by atoms with Crippen LogP contribution in [0.15, 0.2) is 24.3 Å². The molecule has 8 heteroatoms. The molecular weight excluding hydrogens is 388 g/mol. The zero-order chi connectivity index (χ0) is 22.1. The van der Waals surface area contributed by atoms with Crippen LogP contribution in [0.2, 0.25) is 0 Å². The zero-order valence-electron chi connectivity index (χ0n) is 17.9. The van der Waals surface area contributed by atoms with Gasteiger partial charge < -0.3 is 19.7 Å². The Balaban J connectivity index is 2.02. The average Bonchev–Trinajstić information content (AvgIpc) is 3.14. The van der Waals surface area contributed by atoms with E-state index in [0.29, 0.717) is 19.4 Å². The van der Waals surface area contributed by atoms with Gasteiger partial charge in [0.2, 0.25) is 17.4 Å². The Labute approximate surface area is 176 Å². The number of rotatable bonds is 10. The second-order valence-electron chi connectivity index (χ2n) is 7.16. The van der Waals surface area contributed by atoms with Gasteiger partial charge in [0.1, 0.15) is 0 Å². The number of amides is 2. The second-order valence-corrected chi connectivity index (χ2v) is 7.16. The second kappa shape index (κ2) is 10.8. The molecule has 0 saturated heterocycles. The molecule has 0 atom stereocenters. The highest BCUT2D eigenvalue weighted by molar-refractivity contribution is 6.07. The van der Waals surface area contributed by atoms with Crippen molar-refractivity contribution in [1.82, 2.24) is 5.32 Å². The highest BCUT2D eigenvalue weighted by Gasteiger charge is 2.49. The van der Waals surface area contributed by atoms with E-state index in [0.717, 1.165) is 17.7 Å². The molecule has 1 aliphatic rings. The third-order valence-electron chi connectivity index (χ3n) is 5.02. The quantitative estimate of drug-likeness (QED) is 0.355. The minimum absolute atomic E-state index is 0.00246. The van der Waals surface area contributed by atoms with E-state index in [9.17, 15) is 19.2 Å². The van der Waals surface area contributed by atoms with Crippen LogP contribution >= 0.6 is 0 Å². The van der Waals surface area contributed by atoms with E-state index >= 15 is 0 Å². The molecule has 0 saturated carbocycles. The fraction of sp³-hybridized carbons (Fsp3) is 0.545. The lowest BCUT2D eigenvalue weighted by Crippen LogP contribution is -2.61. The fourth-order valence-corrected chi connectivity index (χ4v) is 3.66. The number of carbonyl (C=O) groups is 4. The van der Waals surface area contributed by atoms with Crippen molar-refractivity contribution in [1.29, 1.82) is 0 Å². The molecule has 1 aromatic carbocycles. The van der Waals surface area contributed by atoms with Gasteiger partial charge in [-0.1, -0.05) is 18.2 Å². The molecule has 1 aliphatic heterocycles. The van der Waals surface area contributed by atoms with Gasteiger partial charge in [0.15, 0.2) is 0 Å². The number of benzene rings is 1. The largest absolute Gasteiger partial charge is 0.464 e. The van der Waals surface area contributed by atoms with Gasteiger partial charge >= 0.3 is 11.9 Å². The first-order valence-corrected chi connectivity index (χ1v) is 10.4. The summed E-state index contributed by atoms with van der Waals surface area (Å²) in [4.78, 5) is 51.3. The van der Waals surface area contributed by atoms with Gasteiger partial charge in [-0.25, -0.2) is 9.59 Å². The van der Waals surface area contributed by atoms with Crippen molar-refractivity contribution in [3.8, 4) is 0 Å². The molecule has 0 aromatic heterocycles. The van der Waals surface area contributed by atoms with Crippen LogP contribution in [0.5, 0.6) is 0 Å². The Morgan fingerprint density at radius 1 is 1.03 bits per heavy atom. The summed E-state index contributed by atoms with van der Waals surface area (Å²) in [5.74, 6) is -2.24. The topological polar surface area (TPSA) is 102 Å². The Bertz CT molecular complexity index is 774. The number of para-hydroxylation sites is 1. The molecule has 8 nitrogen and oxygen atoms in total. The Morgan fingerprint density at radius 2 is 1.67 bits per heavy atom. The number of nitrogens with zero attached hydrogens (tertiary/aromatic N) is 1. The molecule has 1 aromatic rings. The van der Waals surface area contributed by atoms with Gasteiger partial charge in [-0.3, -0.25) is 9.59 Å². The van der Waals surface area contributed by atoms with Gasteiger partial charge in [0.05, 0.1) is 13.2 Å². The van der Waals surface area contributed by atoms with Crippen LogP contribution < -0.4 is 10.2 Å². The number of ether oxygens (including phenoxy) is 2. The molecule has 0 aliphatic carbocycles. The Kier molecular flexibility index (Phi) is 8.38. The molecule has 0 spiro atoms. The van der Waals surface area contributed by atoms with Crippen LogP contribution in [-0.2, 0) is 35.1 Å². The summed E-state index contributed by atoms with van der Waals surface area (Å²) in [6.07, 6.45) is 1.92. The maximum Gasteiger partial charge on any atom is 0.343 e. The highest BCUT2D eigenvalue weighted by Crippen LogP contribution is 2.28. The maximum atomic E-state index is 12.7. The smallest absolute Gasteiger partial charge is 0.343 e. The summed E-state index contributed by atoms with van der Waals surface area (Å²) < 4.78 is 10.1. The van der Waals surface area contributed by atoms with Crippen LogP contribution in [0.3, 0.4) is 0 Å². The van der Waals surface area contributed by atoms with Crippen LogP contribution in [0, 0.1) is 0 Å². The van der Waals surface area contributed by atoms with Gasteiger partial charge in [-0.2, -0.15) is 0 Å². The van der Waals surface area contributed by atoms with Gasteiger partial charge in [-0.15, -0.1) is 0 Å². The maximum absolute atomic E-state index is 12.7. The third kappa shape index (κ3) is 5.37. The Morgan fingerprint density at radius 3 is 2.27 bits per heavy atom. The fourth-order valence-electron chi connectivity index (χ4n) is 3.66. The Hall–Kier alpha value is -2.90. The van der Waals surface area contributed by atoms with E-state index in [1.165, 1.54) is 6.92 Å². The SMILES string of the molecule is CCOC(=O)C(CCCCC(=O)N1CCc2ccccc21)(NC(C)=O)C(=O)OCC. The van der Waals surface area contributed by atoms with Crippen molar-refractivity contribution in [2.24, 2.45) is 0 Å². The van der Waals surface area contributed by atoms with Crippen molar-refractivity contribution in [3.63, 3.8) is 0 Å². The van der Waals surface area contributed by atoms with Crippen LogP contribution in [-0.4, -0.2) is 49.1 Å². The summed E-state index contributed by atoms with van der Waals surface area (Å²) in [5, 5.41) is 2.44. The molecule has 0 radical (unpaired) electrons. The molecule has 0 bridgehead atoms. The first kappa shape index (κ1) is 23.4. The summed E-state index contributed by atoms with van der Waals surface area (Å²) in [5.41, 5.74) is 0.189. The lowest BCUT2D eigenvalue weighted by Gasteiger charge is -2.29. The molecule has 1 heterocycles. The predicted octanol–water partition coefficient (Wildman–Crippen LogP) is 2.14. The summed E-state index contributed by atoms with van der Waals surface area (Å²) >= 11 is 0. The molecule has 0 fully saturated rings. The number of hydrogen-bond donors (Lipinski definition) is 1. The van der Waals surface area contributed by atoms with E-state index in [1.54, 1.807) is 18.7 Å². The van der Waals surface area contributed by atoms with E-state index in [4.69, 9.17) is 9.47 Å². The standard InChI is InChI=1S/C22H30N2O6/c1-4-29-20(27)22(23-16(3)25,21(28)30-5-2)14-9-8-12-19(26)24-15-13-17-10-6-7-11-18(17)24/h6-7,10-11H,4-5,8-9,12-15H2,1-3H3,(H,23,25). The van der Waals surface area contributed by atoms with Crippen molar-refractivity contribution >= 4 is 29.4 Å².